The van der Waals surface area contributed by atoms with Gasteiger partial charge in [-0.3, -0.25) is 4.79 Å². The zero-order valence-electron chi connectivity index (χ0n) is 18.0. The molecule has 0 aliphatic rings. The predicted octanol–water partition coefficient (Wildman–Crippen LogP) is 6.60. The van der Waals surface area contributed by atoms with Gasteiger partial charge >= 0.3 is 5.97 Å². The van der Waals surface area contributed by atoms with Crippen molar-refractivity contribution in [1.29, 1.82) is 0 Å². The molecule has 5 nitrogen and oxygen atoms in total. The molecule has 0 spiro atoms. The summed E-state index contributed by atoms with van der Waals surface area (Å²) >= 11 is 18.8. The number of hydrogen-bond acceptors (Lipinski definition) is 3. The van der Waals surface area contributed by atoms with Crippen molar-refractivity contribution in [3.05, 3.63) is 98.5 Å². The molecular weight excluding hydrogens is 495 g/mol. The van der Waals surface area contributed by atoms with Crippen molar-refractivity contribution in [3.63, 3.8) is 0 Å². The number of fused-ring (bicyclic) bond motifs is 1. The van der Waals surface area contributed by atoms with Crippen molar-refractivity contribution < 1.29 is 14.7 Å². The number of hydrogen-bond donors (Lipinski definition) is 2. The van der Waals surface area contributed by atoms with Crippen molar-refractivity contribution in [1.82, 2.24) is 10.3 Å². The van der Waals surface area contributed by atoms with Crippen molar-refractivity contribution in [2.24, 2.45) is 0 Å². The van der Waals surface area contributed by atoms with Crippen LogP contribution in [-0.2, 0) is 11.2 Å². The topological polar surface area (TPSA) is 79.3 Å². The summed E-state index contributed by atoms with van der Waals surface area (Å²) in [7, 11) is 0. The molecule has 4 aromatic rings. The Bertz CT molecular complexity index is 1380. The molecule has 0 radical (unpaired) electrons. The van der Waals surface area contributed by atoms with Gasteiger partial charge in [-0.15, -0.1) is 0 Å². The maximum atomic E-state index is 12.7. The van der Waals surface area contributed by atoms with Gasteiger partial charge in [0.15, 0.2) is 0 Å². The zero-order valence-corrected chi connectivity index (χ0v) is 20.2. The van der Waals surface area contributed by atoms with Gasteiger partial charge in [-0.25, -0.2) is 9.78 Å². The zero-order chi connectivity index (χ0) is 24.4. The average Bonchev–Trinajstić information content (AvgIpc) is 2.78. The summed E-state index contributed by atoms with van der Waals surface area (Å²) in [5, 5.41) is 14.4. The van der Waals surface area contributed by atoms with Gasteiger partial charge in [0, 0.05) is 17.4 Å². The van der Waals surface area contributed by atoms with Crippen molar-refractivity contribution in [2.75, 3.05) is 0 Å². The monoisotopic (exact) mass is 512 g/mol. The lowest BCUT2D eigenvalue weighted by Gasteiger charge is -2.16. The number of rotatable bonds is 6. The Hall–Kier alpha value is -3.12. The maximum Gasteiger partial charge on any atom is 0.326 e. The lowest BCUT2D eigenvalue weighted by molar-refractivity contribution is -0.139. The minimum Gasteiger partial charge on any atom is -0.480 e. The molecular formula is C26H19Cl3N2O3. The number of carbonyl (C=O) groups is 2. The van der Waals surface area contributed by atoms with Crippen molar-refractivity contribution >= 4 is 57.6 Å². The number of aliphatic carboxylic acids is 1. The summed E-state index contributed by atoms with van der Waals surface area (Å²) in [6.07, 6.45) is 0.0958. The third-order valence-electron chi connectivity index (χ3n) is 5.46. The smallest absolute Gasteiger partial charge is 0.326 e. The molecule has 1 unspecified atom stereocenters. The average molecular weight is 514 g/mol. The molecule has 8 heteroatoms. The number of nitrogens with one attached hydrogen (secondary N) is 1. The normalized spacial score (nSPS) is 11.9. The highest BCUT2D eigenvalue weighted by molar-refractivity contribution is 6.39. The number of halogens is 3. The molecule has 3 aromatic carbocycles. The molecule has 0 saturated carbocycles. The lowest BCUT2D eigenvalue weighted by Crippen LogP contribution is -2.42. The van der Waals surface area contributed by atoms with E-state index in [-0.39, 0.29) is 17.0 Å². The minimum atomic E-state index is -1.14. The molecule has 34 heavy (non-hydrogen) atoms. The third kappa shape index (κ3) is 5.02. The van der Waals surface area contributed by atoms with Crippen molar-refractivity contribution in [3.8, 4) is 11.3 Å². The second-order valence-electron chi connectivity index (χ2n) is 7.82. The summed E-state index contributed by atoms with van der Waals surface area (Å²) in [5.41, 5.74) is 3.67. The van der Waals surface area contributed by atoms with E-state index in [1.807, 2.05) is 18.2 Å². The molecule has 0 fully saturated rings. The molecule has 1 aromatic heterocycles. The van der Waals surface area contributed by atoms with Gasteiger partial charge in [0.05, 0.1) is 31.8 Å². The number of benzene rings is 3. The summed E-state index contributed by atoms with van der Waals surface area (Å²) in [4.78, 5) is 29.3. The van der Waals surface area contributed by atoms with E-state index >= 15 is 0 Å². The second kappa shape index (κ2) is 10.0. The van der Waals surface area contributed by atoms with Gasteiger partial charge in [-0.1, -0.05) is 65.1 Å². The first-order valence-corrected chi connectivity index (χ1v) is 11.5. The molecule has 172 valence electrons. The highest BCUT2D eigenvalue weighted by atomic mass is 35.5. The molecule has 0 saturated heterocycles. The SMILES string of the molecule is Cc1cccc(Cl)c1C(=O)NC(Cc1ccc2nc(-c3c(Cl)cccc3Cl)ccc2c1)C(=O)O. The molecule has 1 heterocycles. The Morgan fingerprint density at radius 2 is 1.62 bits per heavy atom. The van der Waals surface area contributed by atoms with Gasteiger partial charge in [-0.2, -0.15) is 0 Å². The van der Waals surface area contributed by atoms with Crippen LogP contribution in [0.1, 0.15) is 21.5 Å². The highest BCUT2D eigenvalue weighted by Crippen LogP contribution is 2.34. The van der Waals surface area contributed by atoms with Gasteiger partial charge in [-0.05, 0) is 54.4 Å². The van der Waals surface area contributed by atoms with E-state index in [0.717, 1.165) is 10.9 Å². The van der Waals surface area contributed by atoms with Gasteiger partial charge < -0.3 is 10.4 Å². The number of carbonyl (C=O) groups excluding carboxylic acids is 1. The predicted molar refractivity (Wildman–Crippen MR) is 136 cm³/mol. The third-order valence-corrected chi connectivity index (χ3v) is 6.41. The van der Waals surface area contributed by atoms with Crippen molar-refractivity contribution in [2.45, 2.75) is 19.4 Å². The van der Waals surface area contributed by atoms with E-state index in [2.05, 4.69) is 10.3 Å². The highest BCUT2D eigenvalue weighted by Gasteiger charge is 2.23. The van der Waals surface area contributed by atoms with Crippen LogP contribution in [0, 0.1) is 6.92 Å². The lowest BCUT2D eigenvalue weighted by atomic mass is 10.0. The summed E-state index contributed by atoms with van der Waals surface area (Å²) in [5.74, 6) is -1.67. The largest absolute Gasteiger partial charge is 0.480 e. The van der Waals surface area contributed by atoms with E-state index in [4.69, 9.17) is 34.8 Å². The van der Waals surface area contributed by atoms with Crippen LogP contribution in [0.15, 0.2) is 66.7 Å². The Morgan fingerprint density at radius 3 is 2.29 bits per heavy atom. The Morgan fingerprint density at radius 1 is 0.941 bits per heavy atom. The first kappa shape index (κ1) is 24.0. The summed E-state index contributed by atoms with van der Waals surface area (Å²) in [6.45, 7) is 1.75. The molecule has 1 amide bonds. The second-order valence-corrected chi connectivity index (χ2v) is 9.04. The fourth-order valence-electron chi connectivity index (χ4n) is 3.77. The standard InChI is InChI=1S/C26H19Cl3N2O3/c1-14-4-2-5-17(27)23(14)25(32)31-22(26(33)34)13-15-8-10-20-16(12-15)9-11-21(30-20)24-18(28)6-3-7-19(24)29/h2-12,22H,13H2,1H3,(H,31,32)(H,33,34). The Kier molecular flexibility index (Phi) is 7.08. The molecule has 0 aliphatic heterocycles. The van der Waals surface area contributed by atoms with E-state index < -0.39 is 17.9 Å². The Labute approximate surface area is 211 Å². The first-order valence-electron chi connectivity index (χ1n) is 10.4. The van der Waals surface area contributed by atoms with E-state index in [0.29, 0.717) is 32.4 Å². The molecule has 1 atom stereocenters. The Balaban J connectivity index is 1.59. The maximum absolute atomic E-state index is 12.7. The number of amides is 1. The minimum absolute atomic E-state index is 0.0958. The first-order chi connectivity index (χ1) is 16.2. The van der Waals surface area contributed by atoms with Crippen LogP contribution in [0.2, 0.25) is 15.1 Å². The van der Waals surface area contributed by atoms with Gasteiger partial charge in [0.25, 0.3) is 5.91 Å². The van der Waals surface area contributed by atoms with Crippen LogP contribution in [0.4, 0.5) is 0 Å². The number of aryl methyl sites for hydroxylation is 1. The fraction of sp³-hybridized carbons (Fsp3) is 0.115. The molecule has 2 N–H and O–H groups in total. The van der Waals surface area contributed by atoms with Crippen LogP contribution in [0.25, 0.3) is 22.2 Å². The van der Waals surface area contributed by atoms with Gasteiger partial charge in [0.2, 0.25) is 0 Å². The summed E-state index contributed by atoms with van der Waals surface area (Å²) in [6, 6.07) is 18.4. The number of aromatic nitrogens is 1. The van der Waals surface area contributed by atoms with Crippen LogP contribution < -0.4 is 5.32 Å². The molecule has 4 rings (SSSR count). The fourth-order valence-corrected chi connectivity index (χ4v) is 4.67. The number of carboxylic acids is 1. The van der Waals surface area contributed by atoms with Crippen LogP contribution in [0.5, 0.6) is 0 Å². The van der Waals surface area contributed by atoms with Gasteiger partial charge in [0.1, 0.15) is 6.04 Å². The number of pyridine rings is 1. The van der Waals surface area contributed by atoms with E-state index in [1.54, 1.807) is 55.5 Å². The molecule has 0 bridgehead atoms. The van der Waals surface area contributed by atoms with E-state index in [9.17, 15) is 14.7 Å². The number of carboxylic acid groups (broad SMARTS) is 1. The molecule has 0 aliphatic carbocycles. The number of nitrogens with zero attached hydrogens (tertiary/aromatic N) is 1. The van der Waals surface area contributed by atoms with Crippen LogP contribution >= 0.6 is 34.8 Å². The quantitative estimate of drug-likeness (QED) is 0.305. The van der Waals surface area contributed by atoms with Crippen LogP contribution in [-0.4, -0.2) is 28.0 Å². The summed E-state index contributed by atoms with van der Waals surface area (Å²) < 4.78 is 0. The van der Waals surface area contributed by atoms with Crippen LogP contribution in [0.3, 0.4) is 0 Å². The van der Waals surface area contributed by atoms with E-state index in [1.165, 1.54) is 0 Å².